The fraction of sp³-hybridized carbons (Fsp3) is 0.375. The van der Waals surface area contributed by atoms with E-state index < -0.39 is 0 Å². The van der Waals surface area contributed by atoms with Gasteiger partial charge in [-0.25, -0.2) is 0 Å². The lowest BCUT2D eigenvalue weighted by molar-refractivity contribution is 0.401. The fourth-order valence-electron chi connectivity index (χ4n) is 2.15. The van der Waals surface area contributed by atoms with Gasteiger partial charge in [0.1, 0.15) is 5.75 Å². The molecule has 0 aliphatic heterocycles. The second kappa shape index (κ2) is 6.73. The van der Waals surface area contributed by atoms with Crippen LogP contribution in [0.25, 0.3) is 0 Å². The summed E-state index contributed by atoms with van der Waals surface area (Å²) in [5, 5.41) is 7.89. The Bertz CT molecular complexity index is 507. The molecular weight excluding hydrogens is 254 g/mol. The number of benzene rings is 1. The maximum Gasteiger partial charge on any atom is 0.123 e. The topological polar surface area (TPSA) is 21.3 Å². The largest absolute Gasteiger partial charge is 0.496 e. The molecule has 0 saturated carbocycles. The number of hydrogen-bond acceptors (Lipinski definition) is 3. The van der Waals surface area contributed by atoms with Crippen molar-refractivity contribution in [1.82, 2.24) is 5.32 Å². The van der Waals surface area contributed by atoms with Crippen LogP contribution in [0.3, 0.4) is 0 Å². The maximum absolute atomic E-state index is 5.46. The van der Waals surface area contributed by atoms with Crippen molar-refractivity contribution in [2.24, 2.45) is 0 Å². The lowest BCUT2D eigenvalue weighted by Gasteiger charge is -2.17. The van der Waals surface area contributed by atoms with Gasteiger partial charge in [-0.2, -0.15) is 11.3 Å². The molecule has 0 bridgehead atoms. The van der Waals surface area contributed by atoms with Gasteiger partial charge in [0.05, 0.1) is 7.11 Å². The van der Waals surface area contributed by atoms with Crippen LogP contribution in [0.5, 0.6) is 5.75 Å². The van der Waals surface area contributed by atoms with E-state index in [0.717, 1.165) is 18.7 Å². The highest BCUT2D eigenvalue weighted by molar-refractivity contribution is 7.07. The van der Waals surface area contributed by atoms with Crippen LogP contribution in [0, 0.1) is 6.92 Å². The van der Waals surface area contributed by atoms with E-state index in [1.807, 2.05) is 0 Å². The van der Waals surface area contributed by atoms with Gasteiger partial charge in [-0.1, -0.05) is 12.1 Å². The van der Waals surface area contributed by atoms with E-state index in [-0.39, 0.29) is 0 Å². The fourth-order valence-corrected chi connectivity index (χ4v) is 2.86. The average molecular weight is 275 g/mol. The first-order chi connectivity index (χ1) is 9.20. The molecule has 0 radical (unpaired) electrons. The van der Waals surface area contributed by atoms with Crippen molar-refractivity contribution < 1.29 is 4.74 Å². The van der Waals surface area contributed by atoms with Gasteiger partial charge in [0.15, 0.2) is 0 Å². The third-order valence-corrected chi connectivity index (χ3v) is 4.03. The van der Waals surface area contributed by atoms with Crippen LogP contribution >= 0.6 is 11.3 Å². The SMILES string of the molecule is COc1cc(C)ccc1C(C)NCCc1ccsc1. The van der Waals surface area contributed by atoms with E-state index in [9.17, 15) is 0 Å². The number of nitrogens with one attached hydrogen (secondary N) is 1. The molecule has 19 heavy (non-hydrogen) atoms. The third-order valence-electron chi connectivity index (χ3n) is 3.30. The highest BCUT2D eigenvalue weighted by Crippen LogP contribution is 2.25. The molecule has 2 nitrogen and oxygen atoms in total. The number of aryl methyl sites for hydroxylation is 1. The summed E-state index contributed by atoms with van der Waals surface area (Å²) >= 11 is 1.75. The van der Waals surface area contributed by atoms with Gasteiger partial charge in [0.2, 0.25) is 0 Å². The van der Waals surface area contributed by atoms with Gasteiger partial charge >= 0.3 is 0 Å². The zero-order chi connectivity index (χ0) is 13.7. The predicted octanol–water partition coefficient (Wildman–Crippen LogP) is 3.96. The van der Waals surface area contributed by atoms with Crippen molar-refractivity contribution in [3.63, 3.8) is 0 Å². The molecule has 1 N–H and O–H groups in total. The van der Waals surface area contributed by atoms with E-state index in [4.69, 9.17) is 4.74 Å². The summed E-state index contributed by atoms with van der Waals surface area (Å²) in [6.45, 7) is 5.25. The zero-order valence-corrected chi connectivity index (χ0v) is 12.6. The van der Waals surface area contributed by atoms with Crippen LogP contribution < -0.4 is 10.1 Å². The third kappa shape index (κ3) is 3.82. The maximum atomic E-state index is 5.46. The minimum atomic E-state index is 0.300. The van der Waals surface area contributed by atoms with Crippen molar-refractivity contribution in [2.45, 2.75) is 26.3 Å². The molecule has 0 fully saturated rings. The standard InChI is InChI=1S/C16H21NOS/c1-12-4-5-15(16(10-12)18-3)13(2)17-8-6-14-7-9-19-11-14/h4-5,7,9-11,13,17H,6,8H2,1-3H3. The lowest BCUT2D eigenvalue weighted by atomic mass is 10.0. The zero-order valence-electron chi connectivity index (χ0n) is 11.8. The van der Waals surface area contributed by atoms with Crippen molar-refractivity contribution >= 4 is 11.3 Å². The normalized spacial score (nSPS) is 12.4. The Morgan fingerprint density at radius 1 is 1.32 bits per heavy atom. The molecule has 0 aliphatic rings. The molecule has 2 rings (SSSR count). The second-order valence-corrected chi connectivity index (χ2v) is 5.58. The highest BCUT2D eigenvalue weighted by atomic mass is 32.1. The Kier molecular flexibility index (Phi) is 5.00. The van der Waals surface area contributed by atoms with Gasteiger partial charge in [-0.15, -0.1) is 0 Å². The average Bonchev–Trinajstić information content (AvgIpc) is 2.91. The van der Waals surface area contributed by atoms with E-state index in [2.05, 4.69) is 54.2 Å². The van der Waals surface area contributed by atoms with Crippen LogP contribution in [0.4, 0.5) is 0 Å². The van der Waals surface area contributed by atoms with Crippen LogP contribution in [-0.2, 0) is 6.42 Å². The number of ether oxygens (including phenoxy) is 1. The van der Waals surface area contributed by atoms with Gasteiger partial charge in [0.25, 0.3) is 0 Å². The number of methoxy groups -OCH3 is 1. The number of hydrogen-bond donors (Lipinski definition) is 1. The summed E-state index contributed by atoms with van der Waals surface area (Å²) < 4.78 is 5.46. The van der Waals surface area contributed by atoms with E-state index in [1.165, 1.54) is 16.7 Å². The summed E-state index contributed by atoms with van der Waals surface area (Å²) in [5.74, 6) is 0.968. The monoisotopic (exact) mass is 275 g/mol. The summed E-state index contributed by atoms with van der Waals surface area (Å²) in [4.78, 5) is 0. The molecule has 0 amide bonds. The van der Waals surface area contributed by atoms with Crippen LogP contribution in [0.2, 0.25) is 0 Å². The van der Waals surface area contributed by atoms with Gasteiger partial charge in [0, 0.05) is 11.6 Å². The first-order valence-corrected chi connectivity index (χ1v) is 7.54. The van der Waals surface area contributed by atoms with Crippen LogP contribution in [0.1, 0.15) is 29.7 Å². The van der Waals surface area contributed by atoms with Crippen molar-refractivity contribution in [1.29, 1.82) is 0 Å². The van der Waals surface area contributed by atoms with E-state index >= 15 is 0 Å². The van der Waals surface area contributed by atoms with Crippen LogP contribution in [0.15, 0.2) is 35.0 Å². The molecule has 1 atom stereocenters. The predicted molar refractivity (Wildman–Crippen MR) is 82.2 cm³/mol. The van der Waals surface area contributed by atoms with Gasteiger partial charge in [-0.05, 0) is 60.8 Å². The molecule has 102 valence electrons. The van der Waals surface area contributed by atoms with Crippen molar-refractivity contribution in [2.75, 3.05) is 13.7 Å². The van der Waals surface area contributed by atoms with E-state index in [0.29, 0.717) is 6.04 Å². The summed E-state index contributed by atoms with van der Waals surface area (Å²) in [6, 6.07) is 8.86. The molecule has 1 heterocycles. The Morgan fingerprint density at radius 3 is 2.84 bits per heavy atom. The molecule has 1 aromatic heterocycles. The first kappa shape index (κ1) is 14.1. The molecule has 0 spiro atoms. The number of thiophene rings is 1. The molecular formula is C16H21NOS. The Balaban J connectivity index is 1.94. The molecule has 2 aromatic rings. The van der Waals surface area contributed by atoms with Crippen molar-refractivity contribution in [3.05, 3.63) is 51.7 Å². The Morgan fingerprint density at radius 2 is 2.16 bits per heavy atom. The quantitative estimate of drug-likeness (QED) is 0.861. The molecule has 1 unspecified atom stereocenters. The lowest BCUT2D eigenvalue weighted by Crippen LogP contribution is -2.21. The summed E-state index contributed by atoms with van der Waals surface area (Å²) in [7, 11) is 1.73. The summed E-state index contributed by atoms with van der Waals surface area (Å²) in [5.41, 5.74) is 3.85. The molecule has 3 heteroatoms. The second-order valence-electron chi connectivity index (χ2n) is 4.80. The smallest absolute Gasteiger partial charge is 0.123 e. The molecule has 0 aliphatic carbocycles. The number of rotatable bonds is 6. The van der Waals surface area contributed by atoms with Crippen LogP contribution in [-0.4, -0.2) is 13.7 Å². The Labute approximate surface area is 119 Å². The minimum absolute atomic E-state index is 0.300. The highest BCUT2D eigenvalue weighted by Gasteiger charge is 2.10. The van der Waals surface area contributed by atoms with Gasteiger partial charge < -0.3 is 10.1 Å². The van der Waals surface area contributed by atoms with Crippen molar-refractivity contribution in [3.8, 4) is 5.75 Å². The minimum Gasteiger partial charge on any atom is -0.496 e. The first-order valence-electron chi connectivity index (χ1n) is 6.59. The van der Waals surface area contributed by atoms with Gasteiger partial charge in [-0.3, -0.25) is 0 Å². The summed E-state index contributed by atoms with van der Waals surface area (Å²) in [6.07, 6.45) is 1.07. The Hall–Kier alpha value is -1.32. The molecule has 0 saturated heterocycles. The molecule has 1 aromatic carbocycles. The van der Waals surface area contributed by atoms with E-state index in [1.54, 1.807) is 18.4 Å².